The number of hydrogen-bond donors (Lipinski definition) is 1. The van der Waals surface area contributed by atoms with E-state index in [0.29, 0.717) is 18.1 Å². The zero-order valence-electron chi connectivity index (χ0n) is 12.9. The molecule has 1 atom stereocenters. The Balaban J connectivity index is 1.66. The number of ether oxygens (including phenoxy) is 1. The van der Waals surface area contributed by atoms with Gasteiger partial charge in [-0.05, 0) is 24.3 Å². The summed E-state index contributed by atoms with van der Waals surface area (Å²) in [5.74, 6) is 0.143. The van der Waals surface area contributed by atoms with E-state index in [4.69, 9.17) is 0 Å². The summed E-state index contributed by atoms with van der Waals surface area (Å²) in [4.78, 5) is 18.3. The summed E-state index contributed by atoms with van der Waals surface area (Å²) < 4.78 is 30.1. The maximum absolute atomic E-state index is 12.1. The summed E-state index contributed by atoms with van der Waals surface area (Å²) >= 11 is 1.42. The van der Waals surface area contributed by atoms with Crippen LogP contribution in [0.4, 0.5) is 8.78 Å². The molecule has 0 saturated carbocycles. The van der Waals surface area contributed by atoms with Crippen LogP contribution >= 0.6 is 11.3 Å². The van der Waals surface area contributed by atoms with Crippen LogP contribution in [0, 0.1) is 0 Å². The number of thiazole rings is 1. The van der Waals surface area contributed by atoms with Crippen molar-refractivity contribution in [2.45, 2.75) is 19.7 Å². The molecule has 2 heterocycles. The second-order valence-corrected chi connectivity index (χ2v) is 6.35. The van der Waals surface area contributed by atoms with Gasteiger partial charge in [0.1, 0.15) is 24.5 Å². The molecule has 0 aliphatic carbocycles. The number of alkyl halides is 2. The highest BCUT2D eigenvalue weighted by molar-refractivity contribution is 7.15. The molecular weight excluding hydrogens is 336 g/mol. The molecule has 1 N–H and O–H groups in total. The van der Waals surface area contributed by atoms with Gasteiger partial charge in [-0.15, -0.1) is 11.3 Å². The highest BCUT2D eigenvalue weighted by Crippen LogP contribution is 2.14. The first-order valence-corrected chi connectivity index (χ1v) is 8.20. The van der Waals surface area contributed by atoms with Gasteiger partial charge in [-0.3, -0.25) is 9.20 Å². The molecule has 1 unspecified atom stereocenters. The molecule has 24 heavy (non-hydrogen) atoms. The molecule has 1 aromatic carbocycles. The molecule has 0 radical (unpaired) electrons. The van der Waals surface area contributed by atoms with Gasteiger partial charge in [0, 0.05) is 23.2 Å². The van der Waals surface area contributed by atoms with Crippen LogP contribution in [0.25, 0.3) is 4.96 Å². The normalized spacial score (nSPS) is 12.7. The smallest absolute Gasteiger partial charge is 0.387 e. The van der Waals surface area contributed by atoms with Crippen LogP contribution in [0.3, 0.4) is 0 Å². The average Bonchev–Trinajstić information content (AvgIpc) is 2.97. The third-order valence-electron chi connectivity index (χ3n) is 3.49. The van der Waals surface area contributed by atoms with Gasteiger partial charge in [0.05, 0.1) is 7.05 Å². The van der Waals surface area contributed by atoms with Crippen LogP contribution in [0.2, 0.25) is 0 Å². The Morgan fingerprint density at radius 3 is 2.75 bits per heavy atom. The first-order valence-electron chi connectivity index (χ1n) is 7.32. The molecule has 0 amide bonds. The highest BCUT2D eigenvalue weighted by Gasteiger charge is 2.10. The number of hydrogen-bond acceptors (Lipinski definition) is 4. The largest absolute Gasteiger partial charge is 0.435 e. The molecule has 3 rings (SSSR count). The van der Waals surface area contributed by atoms with Gasteiger partial charge in [-0.2, -0.15) is 8.78 Å². The molecule has 0 spiro atoms. The number of nitrogens with one attached hydrogen (secondary N) is 1. The minimum absolute atomic E-state index is 0.0856. The summed E-state index contributed by atoms with van der Waals surface area (Å²) in [6, 6.07) is 8.11. The number of benzene rings is 1. The maximum atomic E-state index is 12.1. The molecule has 8 heteroatoms. The van der Waals surface area contributed by atoms with E-state index in [1.807, 2.05) is 12.4 Å². The number of halogens is 2. The van der Waals surface area contributed by atoms with Gasteiger partial charge in [0.2, 0.25) is 0 Å². The summed E-state index contributed by atoms with van der Waals surface area (Å²) in [6.45, 7) is -1.54. The lowest BCUT2D eigenvalue weighted by Crippen LogP contribution is -3.06. The molecule has 2 aromatic heterocycles. The van der Waals surface area contributed by atoms with Gasteiger partial charge >= 0.3 is 6.61 Å². The average molecular weight is 352 g/mol. The fourth-order valence-electron chi connectivity index (χ4n) is 2.49. The number of rotatable bonds is 6. The summed E-state index contributed by atoms with van der Waals surface area (Å²) in [5, 5.41) is 1.83. The SMILES string of the molecule is C[NH+](Cc1ccc(OC(F)F)cc1)Cc1cc(=O)n2ccsc2n1. The van der Waals surface area contributed by atoms with E-state index >= 15 is 0 Å². The number of quaternary nitrogens is 1. The van der Waals surface area contributed by atoms with E-state index in [1.54, 1.807) is 24.4 Å². The van der Waals surface area contributed by atoms with Crippen molar-refractivity contribution in [1.29, 1.82) is 0 Å². The monoisotopic (exact) mass is 352 g/mol. The minimum atomic E-state index is -2.82. The Morgan fingerprint density at radius 2 is 2.04 bits per heavy atom. The van der Waals surface area contributed by atoms with Crippen LogP contribution in [0.15, 0.2) is 46.7 Å². The van der Waals surface area contributed by atoms with Crippen molar-refractivity contribution in [1.82, 2.24) is 9.38 Å². The van der Waals surface area contributed by atoms with E-state index in [2.05, 4.69) is 9.72 Å². The predicted molar refractivity (Wildman–Crippen MR) is 86.7 cm³/mol. The molecule has 0 fully saturated rings. The predicted octanol–water partition coefficient (Wildman–Crippen LogP) is 1.57. The Morgan fingerprint density at radius 1 is 1.29 bits per heavy atom. The molecule has 0 bridgehead atoms. The molecule has 3 aromatic rings. The third-order valence-corrected chi connectivity index (χ3v) is 4.25. The quantitative estimate of drug-likeness (QED) is 0.733. The Hall–Kier alpha value is -2.32. The van der Waals surface area contributed by atoms with Crippen LogP contribution < -0.4 is 15.2 Å². The van der Waals surface area contributed by atoms with Crippen molar-refractivity contribution in [2.24, 2.45) is 0 Å². The van der Waals surface area contributed by atoms with Crippen molar-refractivity contribution in [3.05, 3.63) is 63.5 Å². The van der Waals surface area contributed by atoms with Gasteiger partial charge < -0.3 is 9.64 Å². The fraction of sp³-hybridized carbons (Fsp3) is 0.250. The lowest BCUT2D eigenvalue weighted by atomic mass is 10.2. The zero-order valence-corrected chi connectivity index (χ0v) is 13.7. The van der Waals surface area contributed by atoms with Crippen molar-refractivity contribution in [3.63, 3.8) is 0 Å². The highest BCUT2D eigenvalue weighted by atomic mass is 32.1. The Labute approximate surface area is 140 Å². The minimum Gasteiger partial charge on any atom is -0.435 e. The van der Waals surface area contributed by atoms with Crippen molar-refractivity contribution in [2.75, 3.05) is 7.05 Å². The van der Waals surface area contributed by atoms with Crippen molar-refractivity contribution in [3.8, 4) is 5.75 Å². The lowest BCUT2D eigenvalue weighted by Gasteiger charge is -2.14. The topological polar surface area (TPSA) is 48.0 Å². The lowest BCUT2D eigenvalue weighted by molar-refractivity contribution is -0.908. The summed E-state index contributed by atoms with van der Waals surface area (Å²) in [7, 11) is 1.99. The Kier molecular flexibility index (Phi) is 4.86. The summed E-state index contributed by atoms with van der Waals surface area (Å²) in [6.07, 6.45) is 1.71. The van der Waals surface area contributed by atoms with E-state index in [0.717, 1.165) is 16.2 Å². The molecular formula is C16H16F2N3O2S+. The van der Waals surface area contributed by atoms with Crippen molar-refractivity contribution < 1.29 is 18.4 Å². The second kappa shape index (κ2) is 7.06. The van der Waals surface area contributed by atoms with Gasteiger partial charge in [-0.1, -0.05) is 0 Å². The van der Waals surface area contributed by atoms with E-state index < -0.39 is 6.61 Å². The fourth-order valence-corrected chi connectivity index (χ4v) is 3.23. The van der Waals surface area contributed by atoms with Gasteiger partial charge in [0.15, 0.2) is 4.96 Å². The van der Waals surface area contributed by atoms with Crippen LogP contribution in [0.1, 0.15) is 11.3 Å². The molecule has 0 saturated heterocycles. The zero-order chi connectivity index (χ0) is 17.1. The van der Waals surface area contributed by atoms with Gasteiger partial charge in [0.25, 0.3) is 5.56 Å². The number of aromatic nitrogens is 2. The molecule has 5 nitrogen and oxygen atoms in total. The first kappa shape index (κ1) is 16.5. The van der Waals surface area contributed by atoms with E-state index in [1.165, 1.54) is 27.9 Å². The molecule has 0 aliphatic heterocycles. The van der Waals surface area contributed by atoms with E-state index in [9.17, 15) is 13.6 Å². The van der Waals surface area contributed by atoms with Crippen LogP contribution in [0.5, 0.6) is 5.75 Å². The van der Waals surface area contributed by atoms with Crippen LogP contribution in [-0.2, 0) is 13.1 Å². The molecule has 0 aliphatic rings. The Bertz CT molecular complexity index is 877. The maximum Gasteiger partial charge on any atom is 0.387 e. The molecule has 126 valence electrons. The second-order valence-electron chi connectivity index (χ2n) is 5.47. The number of nitrogens with zero attached hydrogens (tertiary/aromatic N) is 2. The van der Waals surface area contributed by atoms with Gasteiger partial charge in [-0.25, -0.2) is 4.98 Å². The first-order chi connectivity index (χ1) is 11.5. The van der Waals surface area contributed by atoms with E-state index in [-0.39, 0.29) is 11.3 Å². The van der Waals surface area contributed by atoms with Crippen LogP contribution in [-0.4, -0.2) is 23.0 Å². The number of fused-ring (bicyclic) bond motifs is 1. The third kappa shape index (κ3) is 3.95. The standard InChI is InChI=1S/C16H15F2N3O2S/c1-20(9-11-2-4-13(5-3-11)23-15(17)18)10-12-8-14(22)21-6-7-24-16(21)19-12/h2-8,15H,9-10H2,1H3/p+1. The summed E-state index contributed by atoms with van der Waals surface area (Å²) in [5.41, 5.74) is 1.64. The van der Waals surface area contributed by atoms with Crippen molar-refractivity contribution >= 4 is 16.3 Å².